The largest absolute Gasteiger partial charge is 0.389 e. The lowest BCUT2D eigenvalue weighted by Crippen LogP contribution is -2.43. The van der Waals surface area contributed by atoms with Crippen molar-refractivity contribution in [2.45, 2.75) is 66.2 Å². The molecule has 0 bridgehead atoms. The molecule has 0 aliphatic heterocycles. The summed E-state index contributed by atoms with van der Waals surface area (Å²) in [4.78, 5) is 0. The molecule has 0 saturated heterocycles. The summed E-state index contributed by atoms with van der Waals surface area (Å²) in [6.07, 6.45) is 0.764. The number of aliphatic hydroxyl groups excluding tert-OH is 1. The van der Waals surface area contributed by atoms with Gasteiger partial charge in [0, 0.05) is 19.2 Å². The van der Waals surface area contributed by atoms with Crippen LogP contribution in [-0.4, -0.2) is 49.7 Å². The average Bonchev–Trinajstić information content (AvgIpc) is 2.35. The van der Waals surface area contributed by atoms with Crippen molar-refractivity contribution in [2.24, 2.45) is 11.8 Å². The molecule has 0 aliphatic rings. The van der Waals surface area contributed by atoms with Gasteiger partial charge in [-0.1, -0.05) is 27.7 Å². The Kier molecular flexibility index (Phi) is 11.4. The SMILES string of the molecule is CCOCC(NCC(O)COC(C)CC(C)C)C(C)C. The van der Waals surface area contributed by atoms with Crippen LogP contribution in [0.1, 0.15) is 48.0 Å². The molecule has 0 aliphatic carbocycles. The van der Waals surface area contributed by atoms with E-state index in [1.165, 1.54) is 0 Å². The van der Waals surface area contributed by atoms with E-state index in [1.807, 2.05) is 6.92 Å². The lowest BCUT2D eigenvalue weighted by molar-refractivity contribution is -0.0111. The van der Waals surface area contributed by atoms with Gasteiger partial charge in [0.05, 0.1) is 25.4 Å². The topological polar surface area (TPSA) is 50.7 Å². The van der Waals surface area contributed by atoms with E-state index >= 15 is 0 Å². The number of hydrogen-bond acceptors (Lipinski definition) is 4. The molecule has 2 N–H and O–H groups in total. The summed E-state index contributed by atoms with van der Waals surface area (Å²) in [5.41, 5.74) is 0. The molecule has 0 fully saturated rings. The number of rotatable bonds is 12. The van der Waals surface area contributed by atoms with Gasteiger partial charge in [0.25, 0.3) is 0 Å². The van der Waals surface area contributed by atoms with Crippen molar-refractivity contribution in [3.8, 4) is 0 Å². The predicted molar refractivity (Wildman–Crippen MR) is 84.0 cm³/mol. The highest BCUT2D eigenvalue weighted by molar-refractivity contribution is 4.72. The Morgan fingerprint density at radius 2 is 1.70 bits per heavy atom. The van der Waals surface area contributed by atoms with Gasteiger partial charge in [-0.25, -0.2) is 0 Å². The van der Waals surface area contributed by atoms with E-state index in [0.29, 0.717) is 31.6 Å². The van der Waals surface area contributed by atoms with Gasteiger partial charge in [-0.05, 0) is 32.1 Å². The maximum Gasteiger partial charge on any atom is 0.0897 e. The number of aliphatic hydroxyl groups is 1. The molecule has 20 heavy (non-hydrogen) atoms. The fraction of sp³-hybridized carbons (Fsp3) is 1.00. The van der Waals surface area contributed by atoms with Gasteiger partial charge in [0.1, 0.15) is 0 Å². The van der Waals surface area contributed by atoms with Crippen molar-refractivity contribution in [2.75, 3.05) is 26.4 Å². The van der Waals surface area contributed by atoms with Crippen LogP contribution in [-0.2, 0) is 9.47 Å². The van der Waals surface area contributed by atoms with Crippen LogP contribution in [0.5, 0.6) is 0 Å². The lowest BCUT2D eigenvalue weighted by Gasteiger charge is -2.24. The highest BCUT2D eigenvalue weighted by Gasteiger charge is 2.15. The minimum atomic E-state index is -0.465. The molecule has 3 unspecified atom stereocenters. The van der Waals surface area contributed by atoms with Crippen molar-refractivity contribution < 1.29 is 14.6 Å². The molecule has 4 heteroatoms. The molecule has 0 spiro atoms. The van der Waals surface area contributed by atoms with E-state index in [-0.39, 0.29) is 12.1 Å². The van der Waals surface area contributed by atoms with Gasteiger partial charge in [0.2, 0.25) is 0 Å². The quantitative estimate of drug-likeness (QED) is 0.579. The summed E-state index contributed by atoms with van der Waals surface area (Å²) in [6.45, 7) is 15.1. The smallest absolute Gasteiger partial charge is 0.0897 e. The van der Waals surface area contributed by atoms with Crippen molar-refractivity contribution >= 4 is 0 Å². The Morgan fingerprint density at radius 3 is 2.20 bits per heavy atom. The monoisotopic (exact) mass is 289 g/mol. The first kappa shape index (κ1) is 19.8. The summed E-state index contributed by atoms with van der Waals surface area (Å²) >= 11 is 0. The van der Waals surface area contributed by atoms with Gasteiger partial charge in [-0.3, -0.25) is 0 Å². The van der Waals surface area contributed by atoms with Crippen molar-refractivity contribution in [3.63, 3.8) is 0 Å². The Morgan fingerprint density at radius 1 is 1.05 bits per heavy atom. The fourth-order valence-corrected chi connectivity index (χ4v) is 2.09. The zero-order valence-corrected chi connectivity index (χ0v) is 14.2. The second-order valence-electron chi connectivity index (χ2n) is 6.35. The van der Waals surface area contributed by atoms with Crippen LogP contribution in [0.2, 0.25) is 0 Å². The van der Waals surface area contributed by atoms with E-state index < -0.39 is 6.10 Å². The number of hydrogen-bond donors (Lipinski definition) is 2. The van der Waals surface area contributed by atoms with E-state index in [0.717, 1.165) is 13.0 Å². The second-order valence-corrected chi connectivity index (χ2v) is 6.35. The summed E-state index contributed by atoms with van der Waals surface area (Å²) in [5.74, 6) is 1.10. The molecule has 0 heterocycles. The third kappa shape index (κ3) is 10.6. The van der Waals surface area contributed by atoms with Crippen molar-refractivity contribution in [1.29, 1.82) is 0 Å². The summed E-state index contributed by atoms with van der Waals surface area (Å²) in [6, 6.07) is 0.276. The summed E-state index contributed by atoms with van der Waals surface area (Å²) in [7, 11) is 0. The van der Waals surface area contributed by atoms with Crippen molar-refractivity contribution in [1.82, 2.24) is 5.32 Å². The minimum absolute atomic E-state index is 0.203. The molecule has 4 nitrogen and oxygen atoms in total. The average molecular weight is 289 g/mol. The Balaban J connectivity index is 3.86. The van der Waals surface area contributed by atoms with Crippen LogP contribution in [0.15, 0.2) is 0 Å². The Labute approximate surface area is 125 Å². The van der Waals surface area contributed by atoms with Crippen LogP contribution in [0.25, 0.3) is 0 Å². The molecule has 0 rings (SSSR count). The van der Waals surface area contributed by atoms with E-state index in [1.54, 1.807) is 0 Å². The van der Waals surface area contributed by atoms with E-state index in [2.05, 4.69) is 39.9 Å². The van der Waals surface area contributed by atoms with E-state index in [4.69, 9.17) is 9.47 Å². The Hall–Kier alpha value is -0.160. The molecule has 0 aromatic carbocycles. The van der Waals surface area contributed by atoms with Crippen LogP contribution < -0.4 is 5.32 Å². The van der Waals surface area contributed by atoms with Crippen LogP contribution in [0, 0.1) is 11.8 Å². The van der Waals surface area contributed by atoms with Crippen LogP contribution in [0.3, 0.4) is 0 Å². The maximum absolute atomic E-state index is 9.96. The van der Waals surface area contributed by atoms with Gasteiger partial charge in [-0.15, -0.1) is 0 Å². The van der Waals surface area contributed by atoms with E-state index in [9.17, 15) is 5.11 Å². The molecule has 0 radical (unpaired) electrons. The second kappa shape index (κ2) is 11.5. The van der Waals surface area contributed by atoms with Gasteiger partial charge < -0.3 is 19.9 Å². The molecule has 3 atom stereocenters. The van der Waals surface area contributed by atoms with Gasteiger partial charge in [-0.2, -0.15) is 0 Å². The highest BCUT2D eigenvalue weighted by Crippen LogP contribution is 2.08. The zero-order valence-electron chi connectivity index (χ0n) is 14.2. The highest BCUT2D eigenvalue weighted by atomic mass is 16.5. The molecule has 0 aromatic rings. The number of nitrogens with one attached hydrogen (secondary N) is 1. The third-order valence-electron chi connectivity index (χ3n) is 3.30. The molecule has 0 saturated carbocycles. The Bertz CT molecular complexity index is 222. The number of ether oxygens (including phenoxy) is 2. The first-order valence-corrected chi connectivity index (χ1v) is 7.97. The standard InChI is InChI=1S/C16H35NO3/c1-7-19-11-16(13(4)5)17-9-15(18)10-20-14(6)8-12(2)3/h12-18H,7-11H2,1-6H3. The molecular formula is C16H35NO3. The minimum Gasteiger partial charge on any atom is -0.389 e. The van der Waals surface area contributed by atoms with Gasteiger partial charge >= 0.3 is 0 Å². The lowest BCUT2D eigenvalue weighted by atomic mass is 10.1. The summed E-state index contributed by atoms with van der Waals surface area (Å²) < 4.78 is 11.1. The zero-order chi connectivity index (χ0) is 15.5. The van der Waals surface area contributed by atoms with Gasteiger partial charge in [0.15, 0.2) is 0 Å². The predicted octanol–water partition coefficient (Wildman–Crippen LogP) is 2.45. The maximum atomic E-state index is 9.96. The third-order valence-corrected chi connectivity index (χ3v) is 3.30. The molecule has 122 valence electrons. The van der Waals surface area contributed by atoms with Crippen LogP contribution >= 0.6 is 0 Å². The first-order chi connectivity index (χ1) is 9.36. The molecular weight excluding hydrogens is 254 g/mol. The summed E-state index contributed by atoms with van der Waals surface area (Å²) in [5, 5.41) is 13.3. The first-order valence-electron chi connectivity index (χ1n) is 7.97. The molecule has 0 amide bonds. The fourth-order valence-electron chi connectivity index (χ4n) is 2.09. The van der Waals surface area contributed by atoms with Crippen LogP contribution in [0.4, 0.5) is 0 Å². The van der Waals surface area contributed by atoms with Crippen molar-refractivity contribution in [3.05, 3.63) is 0 Å². The molecule has 0 aromatic heterocycles. The normalized spacial score (nSPS) is 16.6.